The van der Waals surface area contributed by atoms with E-state index in [-0.39, 0.29) is 12.0 Å². The Balaban J connectivity index is 1.56. The molecule has 7 nitrogen and oxygen atoms in total. The zero-order chi connectivity index (χ0) is 14.5. The molecule has 7 heteroatoms. The van der Waals surface area contributed by atoms with Gasteiger partial charge in [0.25, 0.3) is 0 Å². The maximum atomic E-state index is 11.9. The average Bonchev–Trinajstić information content (AvgIpc) is 3.03. The van der Waals surface area contributed by atoms with Gasteiger partial charge in [0.15, 0.2) is 0 Å². The van der Waals surface area contributed by atoms with E-state index in [1.807, 2.05) is 12.1 Å². The Morgan fingerprint density at radius 3 is 2.90 bits per heavy atom. The van der Waals surface area contributed by atoms with Crippen LogP contribution in [0.2, 0.25) is 0 Å². The lowest BCUT2D eigenvalue weighted by molar-refractivity contribution is -0.119. The number of benzene rings is 1. The number of carbonyl (C=O) groups is 1. The van der Waals surface area contributed by atoms with Crippen molar-refractivity contribution in [1.82, 2.24) is 15.5 Å². The molecule has 1 fully saturated rings. The molecule has 110 valence electrons. The Morgan fingerprint density at radius 1 is 1.38 bits per heavy atom. The molecule has 0 radical (unpaired) electrons. The van der Waals surface area contributed by atoms with E-state index in [0.29, 0.717) is 25.5 Å². The van der Waals surface area contributed by atoms with Crippen LogP contribution in [0.15, 0.2) is 35.1 Å². The Kier molecular flexibility index (Phi) is 4.23. The van der Waals surface area contributed by atoms with Gasteiger partial charge in [0.05, 0.1) is 19.1 Å². The number of rotatable bonds is 4. The van der Waals surface area contributed by atoms with Crippen LogP contribution in [-0.4, -0.2) is 41.9 Å². The van der Waals surface area contributed by atoms with Crippen LogP contribution in [0.3, 0.4) is 0 Å². The summed E-state index contributed by atoms with van der Waals surface area (Å²) in [5, 5.41) is 13.5. The van der Waals surface area contributed by atoms with Crippen LogP contribution in [0, 0.1) is 0 Å². The quantitative estimate of drug-likeness (QED) is 0.874. The first-order valence-corrected chi connectivity index (χ1v) is 6.80. The van der Waals surface area contributed by atoms with Crippen LogP contribution in [0.25, 0.3) is 11.5 Å². The molecular formula is C14H16N4O3. The number of aromatic nitrogens is 2. The normalized spacial score (nSPS) is 18.4. The third-order valence-corrected chi connectivity index (χ3v) is 3.19. The van der Waals surface area contributed by atoms with E-state index in [0.717, 1.165) is 17.8 Å². The highest BCUT2D eigenvalue weighted by molar-refractivity contribution is 5.91. The van der Waals surface area contributed by atoms with E-state index in [9.17, 15) is 4.79 Å². The van der Waals surface area contributed by atoms with E-state index in [2.05, 4.69) is 20.8 Å². The summed E-state index contributed by atoms with van der Waals surface area (Å²) >= 11 is 0. The zero-order valence-corrected chi connectivity index (χ0v) is 11.4. The van der Waals surface area contributed by atoms with Gasteiger partial charge in [-0.2, -0.15) is 0 Å². The number of hydrogen-bond acceptors (Lipinski definition) is 6. The van der Waals surface area contributed by atoms with Gasteiger partial charge in [-0.25, -0.2) is 0 Å². The Hall–Kier alpha value is -2.25. The lowest BCUT2D eigenvalue weighted by Gasteiger charge is -2.23. The van der Waals surface area contributed by atoms with Crippen LogP contribution in [-0.2, 0) is 9.53 Å². The Morgan fingerprint density at radius 2 is 2.24 bits per heavy atom. The number of amides is 1. The molecule has 1 saturated heterocycles. The summed E-state index contributed by atoms with van der Waals surface area (Å²) in [5.74, 6) is 0.392. The highest BCUT2D eigenvalue weighted by Crippen LogP contribution is 2.19. The molecule has 2 heterocycles. The molecule has 1 unspecified atom stereocenters. The molecule has 2 aromatic rings. The van der Waals surface area contributed by atoms with Crippen molar-refractivity contribution in [2.24, 2.45) is 0 Å². The summed E-state index contributed by atoms with van der Waals surface area (Å²) in [6, 6.07) is 7.25. The first-order valence-electron chi connectivity index (χ1n) is 6.80. The number of nitrogens with one attached hydrogen (secondary N) is 2. The van der Waals surface area contributed by atoms with Gasteiger partial charge in [0.1, 0.15) is 0 Å². The van der Waals surface area contributed by atoms with Gasteiger partial charge in [0, 0.05) is 24.3 Å². The first-order chi connectivity index (χ1) is 10.3. The summed E-state index contributed by atoms with van der Waals surface area (Å²) in [6.07, 6.45) is 1.57. The molecule has 0 saturated carbocycles. The van der Waals surface area contributed by atoms with Crippen LogP contribution in [0.4, 0.5) is 5.69 Å². The Labute approximate surface area is 121 Å². The maximum Gasteiger partial charge on any atom is 0.247 e. The van der Waals surface area contributed by atoms with Gasteiger partial charge in [-0.1, -0.05) is 0 Å². The number of anilines is 1. The SMILES string of the molecule is O=C(CC1CNCCO1)Nc1ccc(-c2nnco2)cc1. The summed E-state index contributed by atoms with van der Waals surface area (Å²) in [7, 11) is 0. The number of nitrogens with zero attached hydrogens (tertiary/aromatic N) is 2. The molecule has 3 rings (SSSR count). The molecule has 0 aliphatic carbocycles. The fourth-order valence-electron chi connectivity index (χ4n) is 2.16. The molecule has 21 heavy (non-hydrogen) atoms. The summed E-state index contributed by atoms with van der Waals surface area (Å²) in [5.41, 5.74) is 1.54. The van der Waals surface area contributed by atoms with E-state index in [4.69, 9.17) is 9.15 Å². The fraction of sp³-hybridized carbons (Fsp3) is 0.357. The molecule has 0 spiro atoms. The number of carbonyl (C=O) groups excluding carboxylic acids is 1. The molecule has 2 N–H and O–H groups in total. The molecule has 1 aliphatic heterocycles. The second-order valence-corrected chi connectivity index (χ2v) is 4.77. The highest BCUT2D eigenvalue weighted by atomic mass is 16.5. The molecular weight excluding hydrogens is 272 g/mol. The third kappa shape index (κ3) is 3.65. The number of ether oxygens (including phenoxy) is 1. The van der Waals surface area contributed by atoms with Crippen molar-refractivity contribution in [2.75, 3.05) is 25.0 Å². The van der Waals surface area contributed by atoms with E-state index < -0.39 is 0 Å². The van der Waals surface area contributed by atoms with Crippen LogP contribution in [0.1, 0.15) is 6.42 Å². The standard InChI is InChI=1S/C14H16N4O3/c19-13(7-12-8-15-5-6-20-12)17-11-3-1-10(2-4-11)14-18-16-9-21-14/h1-4,9,12,15H,5-8H2,(H,17,19). The molecule has 1 atom stereocenters. The van der Waals surface area contributed by atoms with Crippen LogP contribution < -0.4 is 10.6 Å². The van der Waals surface area contributed by atoms with Crippen molar-refractivity contribution in [3.8, 4) is 11.5 Å². The van der Waals surface area contributed by atoms with Crippen LogP contribution >= 0.6 is 0 Å². The van der Waals surface area contributed by atoms with Crippen molar-refractivity contribution < 1.29 is 13.9 Å². The molecule has 1 aromatic carbocycles. The molecule has 0 bridgehead atoms. The van der Waals surface area contributed by atoms with Gasteiger partial charge in [-0.05, 0) is 24.3 Å². The smallest absolute Gasteiger partial charge is 0.247 e. The lowest BCUT2D eigenvalue weighted by atomic mass is 10.2. The number of hydrogen-bond donors (Lipinski definition) is 2. The summed E-state index contributed by atoms with van der Waals surface area (Å²) in [4.78, 5) is 11.9. The van der Waals surface area contributed by atoms with E-state index in [1.165, 1.54) is 6.39 Å². The van der Waals surface area contributed by atoms with Crippen molar-refractivity contribution >= 4 is 11.6 Å². The van der Waals surface area contributed by atoms with Gasteiger partial charge >= 0.3 is 0 Å². The lowest BCUT2D eigenvalue weighted by Crippen LogP contribution is -2.40. The van der Waals surface area contributed by atoms with Gasteiger partial charge in [-0.15, -0.1) is 10.2 Å². The molecule has 1 aliphatic rings. The minimum absolute atomic E-state index is 0.0589. The van der Waals surface area contributed by atoms with Crippen LogP contribution in [0.5, 0.6) is 0 Å². The van der Waals surface area contributed by atoms with E-state index in [1.54, 1.807) is 12.1 Å². The maximum absolute atomic E-state index is 11.9. The van der Waals surface area contributed by atoms with Gasteiger partial charge < -0.3 is 19.8 Å². The average molecular weight is 288 g/mol. The second kappa shape index (κ2) is 6.47. The topological polar surface area (TPSA) is 89.3 Å². The largest absolute Gasteiger partial charge is 0.423 e. The van der Waals surface area contributed by atoms with Gasteiger partial charge in [0.2, 0.25) is 18.2 Å². The van der Waals surface area contributed by atoms with Gasteiger partial charge in [-0.3, -0.25) is 4.79 Å². The predicted molar refractivity (Wildman–Crippen MR) is 75.6 cm³/mol. The summed E-state index contributed by atoms with van der Waals surface area (Å²) in [6.45, 7) is 2.20. The molecule has 1 amide bonds. The first kappa shape index (κ1) is 13.7. The number of morpholine rings is 1. The van der Waals surface area contributed by atoms with Crippen molar-refractivity contribution in [2.45, 2.75) is 12.5 Å². The second-order valence-electron chi connectivity index (χ2n) is 4.77. The Bertz CT molecular complexity index is 577. The van der Waals surface area contributed by atoms with Crippen molar-refractivity contribution in [1.29, 1.82) is 0 Å². The summed E-state index contributed by atoms with van der Waals surface area (Å²) < 4.78 is 10.6. The minimum Gasteiger partial charge on any atom is -0.423 e. The zero-order valence-electron chi connectivity index (χ0n) is 11.4. The van der Waals surface area contributed by atoms with Crippen molar-refractivity contribution in [3.63, 3.8) is 0 Å². The van der Waals surface area contributed by atoms with E-state index >= 15 is 0 Å². The van der Waals surface area contributed by atoms with Crippen molar-refractivity contribution in [3.05, 3.63) is 30.7 Å². The molecule has 1 aromatic heterocycles. The minimum atomic E-state index is -0.0609. The predicted octanol–water partition coefficient (Wildman–Crippen LogP) is 1.05. The highest BCUT2D eigenvalue weighted by Gasteiger charge is 2.17. The third-order valence-electron chi connectivity index (χ3n) is 3.19. The fourth-order valence-corrected chi connectivity index (χ4v) is 2.16. The monoisotopic (exact) mass is 288 g/mol.